The van der Waals surface area contributed by atoms with E-state index < -0.39 is 17.8 Å². The van der Waals surface area contributed by atoms with Crippen molar-refractivity contribution in [2.45, 2.75) is 65.2 Å². The maximum atomic E-state index is 12.6. The van der Waals surface area contributed by atoms with E-state index in [4.69, 9.17) is 4.74 Å². The summed E-state index contributed by atoms with van der Waals surface area (Å²) in [6, 6.07) is 14.7. The summed E-state index contributed by atoms with van der Waals surface area (Å²) in [5.41, 5.74) is 2.37. The molecule has 1 saturated heterocycles. The number of aldehydes is 1. The van der Waals surface area contributed by atoms with Gasteiger partial charge in [-0.3, -0.25) is 4.79 Å². The molecule has 30 heavy (non-hydrogen) atoms. The van der Waals surface area contributed by atoms with Gasteiger partial charge in [0.2, 0.25) is 0 Å². The topological polar surface area (TPSA) is 66.8 Å². The molecule has 0 saturated carbocycles. The SMILES string of the molecule is CC.CC(C)(C)OC(=O)N1CCCC1C(O)c1cc(C=O)cc(-c2ccccc2)c1. The minimum atomic E-state index is -0.891. The lowest BCUT2D eigenvalue weighted by molar-refractivity contribution is 0.00489. The molecule has 0 spiro atoms. The largest absolute Gasteiger partial charge is 0.444 e. The molecule has 0 aliphatic carbocycles. The summed E-state index contributed by atoms with van der Waals surface area (Å²) in [5.74, 6) is 0. The molecule has 2 aromatic carbocycles. The fourth-order valence-corrected chi connectivity index (χ4v) is 3.60. The van der Waals surface area contributed by atoms with Crippen LogP contribution >= 0.6 is 0 Å². The number of carbonyl (C=O) groups excluding carboxylic acids is 2. The molecule has 2 unspecified atom stereocenters. The maximum absolute atomic E-state index is 12.6. The molecule has 162 valence electrons. The number of amides is 1. The van der Waals surface area contributed by atoms with Crippen molar-refractivity contribution in [2.24, 2.45) is 0 Å². The van der Waals surface area contributed by atoms with Gasteiger partial charge < -0.3 is 14.7 Å². The van der Waals surface area contributed by atoms with Gasteiger partial charge >= 0.3 is 6.09 Å². The number of carbonyl (C=O) groups is 2. The van der Waals surface area contributed by atoms with Crippen molar-refractivity contribution in [3.63, 3.8) is 0 Å². The average Bonchev–Trinajstić information content (AvgIpc) is 3.24. The van der Waals surface area contributed by atoms with Crippen molar-refractivity contribution in [3.05, 3.63) is 59.7 Å². The molecule has 5 nitrogen and oxygen atoms in total. The molecule has 0 radical (unpaired) electrons. The van der Waals surface area contributed by atoms with E-state index in [1.165, 1.54) is 0 Å². The van der Waals surface area contributed by atoms with E-state index >= 15 is 0 Å². The number of benzene rings is 2. The first-order valence-corrected chi connectivity index (χ1v) is 10.6. The van der Waals surface area contributed by atoms with Crippen molar-refractivity contribution < 1.29 is 19.4 Å². The van der Waals surface area contributed by atoms with Crippen LogP contribution in [0.15, 0.2) is 48.5 Å². The zero-order valence-corrected chi connectivity index (χ0v) is 18.6. The third kappa shape index (κ3) is 5.92. The summed E-state index contributed by atoms with van der Waals surface area (Å²) in [6.45, 7) is 10.0. The van der Waals surface area contributed by atoms with Gasteiger partial charge in [-0.25, -0.2) is 4.79 Å². The van der Waals surface area contributed by atoms with Gasteiger partial charge in [0.1, 0.15) is 11.9 Å². The summed E-state index contributed by atoms with van der Waals surface area (Å²) in [4.78, 5) is 25.6. The number of aliphatic hydroxyl groups is 1. The summed E-state index contributed by atoms with van der Waals surface area (Å²) in [7, 11) is 0. The number of rotatable bonds is 4. The van der Waals surface area contributed by atoms with Crippen LogP contribution < -0.4 is 0 Å². The second-order valence-electron chi connectivity index (χ2n) is 8.20. The van der Waals surface area contributed by atoms with Crippen LogP contribution in [0.4, 0.5) is 4.79 Å². The van der Waals surface area contributed by atoms with Crippen LogP contribution in [0, 0.1) is 0 Å². The van der Waals surface area contributed by atoms with Crippen molar-refractivity contribution in [1.29, 1.82) is 0 Å². The maximum Gasteiger partial charge on any atom is 0.410 e. The molecule has 1 aliphatic rings. The van der Waals surface area contributed by atoms with E-state index in [0.29, 0.717) is 24.1 Å². The van der Waals surface area contributed by atoms with E-state index in [0.717, 1.165) is 23.8 Å². The van der Waals surface area contributed by atoms with Crippen LogP contribution in [0.25, 0.3) is 11.1 Å². The van der Waals surface area contributed by atoms with Gasteiger partial charge in [-0.2, -0.15) is 0 Å². The Hall–Kier alpha value is -2.66. The van der Waals surface area contributed by atoms with Crippen LogP contribution in [-0.2, 0) is 4.74 Å². The standard InChI is InChI=1S/C23H27NO4.C2H6/c1-23(2,3)28-22(27)24-11-7-10-20(24)21(26)19-13-16(15-25)12-18(14-19)17-8-5-4-6-9-17;1-2/h4-6,8-9,12-15,20-21,26H,7,10-11H2,1-3H3;1-2H3. The number of likely N-dealkylation sites (tertiary alicyclic amines) is 1. The van der Waals surface area contributed by atoms with Gasteiger partial charge in [-0.15, -0.1) is 0 Å². The quantitative estimate of drug-likeness (QED) is 0.663. The van der Waals surface area contributed by atoms with Gasteiger partial charge in [0, 0.05) is 12.1 Å². The molecule has 1 amide bonds. The lowest BCUT2D eigenvalue weighted by Crippen LogP contribution is -2.42. The molecule has 2 aromatic rings. The predicted octanol–water partition coefficient (Wildman–Crippen LogP) is 5.63. The fourth-order valence-electron chi connectivity index (χ4n) is 3.60. The Labute approximate surface area is 179 Å². The van der Waals surface area contributed by atoms with E-state index in [9.17, 15) is 14.7 Å². The normalized spacial score (nSPS) is 17.0. The number of nitrogens with zero attached hydrogens (tertiary/aromatic N) is 1. The Bertz CT molecular complexity index is 842. The molecule has 2 atom stereocenters. The minimum absolute atomic E-state index is 0.375. The number of hydrogen-bond acceptors (Lipinski definition) is 4. The number of ether oxygens (including phenoxy) is 1. The highest BCUT2D eigenvalue weighted by atomic mass is 16.6. The zero-order chi connectivity index (χ0) is 22.3. The van der Waals surface area contributed by atoms with Crippen LogP contribution in [0.2, 0.25) is 0 Å². The monoisotopic (exact) mass is 411 g/mol. The van der Waals surface area contributed by atoms with Crippen molar-refractivity contribution in [2.75, 3.05) is 6.54 Å². The van der Waals surface area contributed by atoms with Gasteiger partial charge in [0.25, 0.3) is 0 Å². The lowest BCUT2D eigenvalue weighted by atomic mass is 9.94. The van der Waals surface area contributed by atoms with Gasteiger partial charge in [-0.1, -0.05) is 44.2 Å². The zero-order valence-electron chi connectivity index (χ0n) is 18.6. The van der Waals surface area contributed by atoms with E-state index in [1.807, 2.05) is 71.0 Å². The Kier molecular flexibility index (Phi) is 8.18. The van der Waals surface area contributed by atoms with Crippen LogP contribution in [0.3, 0.4) is 0 Å². The lowest BCUT2D eigenvalue weighted by Gasteiger charge is -2.31. The summed E-state index contributed by atoms with van der Waals surface area (Å²) < 4.78 is 5.50. The van der Waals surface area contributed by atoms with E-state index in [-0.39, 0.29) is 6.04 Å². The first-order valence-electron chi connectivity index (χ1n) is 10.6. The van der Waals surface area contributed by atoms with Crippen molar-refractivity contribution in [1.82, 2.24) is 4.90 Å². The molecule has 3 rings (SSSR count). The van der Waals surface area contributed by atoms with Crippen molar-refractivity contribution >= 4 is 12.4 Å². The smallest absolute Gasteiger partial charge is 0.410 e. The van der Waals surface area contributed by atoms with Crippen LogP contribution in [-0.4, -0.2) is 40.6 Å². The Balaban J connectivity index is 0.00000155. The molecule has 0 bridgehead atoms. The molecular formula is C25H33NO4. The molecule has 1 fully saturated rings. The van der Waals surface area contributed by atoms with Gasteiger partial charge in [0.15, 0.2) is 0 Å². The Morgan fingerprint density at radius 1 is 1.13 bits per heavy atom. The molecule has 0 aromatic heterocycles. The summed E-state index contributed by atoms with van der Waals surface area (Å²) >= 11 is 0. The highest BCUT2D eigenvalue weighted by Gasteiger charge is 2.37. The van der Waals surface area contributed by atoms with Crippen molar-refractivity contribution in [3.8, 4) is 11.1 Å². The molecule has 5 heteroatoms. The Morgan fingerprint density at radius 2 is 1.80 bits per heavy atom. The highest BCUT2D eigenvalue weighted by molar-refractivity contribution is 5.80. The second kappa shape index (κ2) is 10.4. The van der Waals surface area contributed by atoms with E-state index in [2.05, 4.69) is 0 Å². The minimum Gasteiger partial charge on any atom is -0.444 e. The van der Waals surface area contributed by atoms with Crippen LogP contribution in [0.1, 0.15) is 69.5 Å². The molecule has 1 heterocycles. The first-order chi connectivity index (χ1) is 14.3. The average molecular weight is 412 g/mol. The second-order valence-corrected chi connectivity index (χ2v) is 8.20. The highest BCUT2D eigenvalue weighted by Crippen LogP contribution is 2.33. The predicted molar refractivity (Wildman–Crippen MR) is 120 cm³/mol. The van der Waals surface area contributed by atoms with E-state index in [1.54, 1.807) is 17.0 Å². The van der Waals surface area contributed by atoms with Crippen LogP contribution in [0.5, 0.6) is 0 Å². The third-order valence-electron chi connectivity index (χ3n) is 4.85. The molecular weight excluding hydrogens is 378 g/mol. The number of aliphatic hydroxyl groups excluding tert-OH is 1. The Morgan fingerprint density at radius 3 is 2.40 bits per heavy atom. The summed E-state index contributed by atoms with van der Waals surface area (Å²) in [5, 5.41) is 11.1. The number of hydrogen-bond donors (Lipinski definition) is 1. The molecule has 1 aliphatic heterocycles. The first kappa shape index (κ1) is 23.6. The van der Waals surface area contributed by atoms with Gasteiger partial charge in [0.05, 0.1) is 12.1 Å². The molecule has 1 N–H and O–H groups in total. The third-order valence-corrected chi connectivity index (χ3v) is 4.85. The van der Waals surface area contributed by atoms with Gasteiger partial charge in [-0.05, 0) is 68.5 Å². The summed E-state index contributed by atoms with van der Waals surface area (Å²) in [6.07, 6.45) is 0.969. The fraction of sp³-hybridized carbons (Fsp3) is 0.440.